The van der Waals surface area contributed by atoms with E-state index in [4.69, 9.17) is 4.74 Å². The van der Waals surface area contributed by atoms with Crippen molar-refractivity contribution in [3.8, 4) is 0 Å². The summed E-state index contributed by atoms with van der Waals surface area (Å²) in [5.74, 6) is -0.993. The SMILES string of the molecule is CCOC(=O)C(C(C)C)N(Cc1cccc(C)c1)S(=O)(=O)c1ccc([N+](=O)[O-])cc1. The summed E-state index contributed by atoms with van der Waals surface area (Å²) in [6, 6.07) is 10.9. The number of aryl methyl sites for hydroxylation is 1. The molecule has 30 heavy (non-hydrogen) atoms. The van der Waals surface area contributed by atoms with E-state index in [0.29, 0.717) is 0 Å². The largest absolute Gasteiger partial charge is 0.465 e. The molecule has 2 rings (SSSR count). The van der Waals surface area contributed by atoms with E-state index in [0.717, 1.165) is 27.6 Å². The molecular formula is C21H26N2O6S. The highest BCUT2D eigenvalue weighted by Gasteiger charge is 2.39. The Bertz CT molecular complexity index is 1000. The van der Waals surface area contributed by atoms with Gasteiger partial charge in [-0.05, 0) is 37.5 Å². The standard InChI is InChI=1S/C21H26N2O6S/c1-5-29-21(24)20(15(2)3)22(14-17-8-6-7-16(4)13-17)30(27,28)19-11-9-18(10-12-19)23(25)26/h6-13,15,20H,5,14H2,1-4H3. The van der Waals surface area contributed by atoms with Gasteiger partial charge in [0, 0.05) is 18.7 Å². The number of non-ortho nitro benzene ring substituents is 1. The topological polar surface area (TPSA) is 107 Å². The third kappa shape index (κ3) is 5.43. The predicted octanol–water partition coefficient (Wildman–Crippen LogP) is 3.68. The fourth-order valence-electron chi connectivity index (χ4n) is 3.15. The minimum absolute atomic E-state index is 0.0390. The summed E-state index contributed by atoms with van der Waals surface area (Å²) in [5.41, 5.74) is 1.46. The maximum Gasteiger partial charge on any atom is 0.324 e. The van der Waals surface area contributed by atoms with Gasteiger partial charge in [0.05, 0.1) is 16.4 Å². The van der Waals surface area contributed by atoms with Gasteiger partial charge in [0.2, 0.25) is 10.0 Å². The Labute approximate surface area is 176 Å². The van der Waals surface area contributed by atoms with Crippen molar-refractivity contribution in [3.63, 3.8) is 0 Å². The van der Waals surface area contributed by atoms with Gasteiger partial charge in [0.15, 0.2) is 0 Å². The van der Waals surface area contributed by atoms with Crippen molar-refractivity contribution in [1.82, 2.24) is 4.31 Å². The van der Waals surface area contributed by atoms with Gasteiger partial charge >= 0.3 is 5.97 Å². The zero-order valence-corrected chi connectivity index (χ0v) is 18.3. The summed E-state index contributed by atoms with van der Waals surface area (Å²) in [7, 11) is -4.15. The first-order valence-electron chi connectivity index (χ1n) is 9.56. The molecule has 162 valence electrons. The number of hydrogen-bond acceptors (Lipinski definition) is 6. The van der Waals surface area contributed by atoms with Gasteiger partial charge in [-0.2, -0.15) is 4.31 Å². The molecule has 1 unspecified atom stereocenters. The Balaban J connectivity index is 2.57. The van der Waals surface area contributed by atoms with Crippen LogP contribution in [-0.4, -0.2) is 36.3 Å². The first kappa shape index (κ1) is 23.5. The number of nitrogens with zero attached hydrogens (tertiary/aromatic N) is 2. The Morgan fingerprint density at radius 2 is 1.80 bits per heavy atom. The quantitative estimate of drug-likeness (QED) is 0.338. The maximum atomic E-state index is 13.5. The third-order valence-corrected chi connectivity index (χ3v) is 6.39. The Morgan fingerprint density at radius 3 is 2.30 bits per heavy atom. The van der Waals surface area contributed by atoms with Crippen molar-refractivity contribution in [1.29, 1.82) is 0 Å². The first-order chi connectivity index (χ1) is 14.1. The zero-order chi connectivity index (χ0) is 22.5. The molecule has 0 saturated heterocycles. The second-order valence-corrected chi connectivity index (χ2v) is 9.12. The van der Waals surface area contributed by atoms with Crippen molar-refractivity contribution >= 4 is 21.7 Å². The second-order valence-electron chi connectivity index (χ2n) is 7.23. The summed E-state index contributed by atoms with van der Waals surface area (Å²) in [6.45, 7) is 7.13. The molecule has 0 amide bonds. The van der Waals surface area contributed by atoms with E-state index in [-0.39, 0.29) is 29.7 Å². The predicted molar refractivity (Wildman–Crippen MR) is 112 cm³/mol. The first-order valence-corrected chi connectivity index (χ1v) is 11.0. The molecule has 0 aliphatic heterocycles. The zero-order valence-electron chi connectivity index (χ0n) is 17.4. The number of nitro benzene ring substituents is 1. The number of hydrogen-bond donors (Lipinski definition) is 0. The van der Waals surface area contributed by atoms with Crippen molar-refractivity contribution < 1.29 is 22.9 Å². The molecule has 0 N–H and O–H groups in total. The van der Waals surface area contributed by atoms with Crippen LogP contribution in [0.25, 0.3) is 0 Å². The lowest BCUT2D eigenvalue weighted by molar-refractivity contribution is -0.384. The fraction of sp³-hybridized carbons (Fsp3) is 0.381. The lowest BCUT2D eigenvalue weighted by Gasteiger charge is -2.32. The van der Waals surface area contributed by atoms with E-state index < -0.39 is 27.0 Å². The normalized spacial score (nSPS) is 12.7. The van der Waals surface area contributed by atoms with Gasteiger partial charge in [-0.1, -0.05) is 43.7 Å². The van der Waals surface area contributed by atoms with Crippen LogP contribution < -0.4 is 0 Å². The van der Waals surface area contributed by atoms with Gasteiger partial charge in [0.25, 0.3) is 5.69 Å². The second kappa shape index (κ2) is 9.82. The molecule has 9 heteroatoms. The number of esters is 1. The minimum Gasteiger partial charge on any atom is -0.465 e. The average molecular weight is 435 g/mol. The number of nitro groups is 1. The van der Waals surface area contributed by atoms with E-state index in [9.17, 15) is 23.3 Å². The van der Waals surface area contributed by atoms with Gasteiger partial charge in [0.1, 0.15) is 6.04 Å². The Morgan fingerprint density at radius 1 is 1.17 bits per heavy atom. The van der Waals surface area contributed by atoms with Gasteiger partial charge in [-0.15, -0.1) is 0 Å². The van der Waals surface area contributed by atoms with Crippen LogP contribution in [0.15, 0.2) is 53.4 Å². The molecule has 2 aromatic rings. The van der Waals surface area contributed by atoms with Crippen molar-refractivity contribution in [2.24, 2.45) is 5.92 Å². The van der Waals surface area contributed by atoms with Crippen LogP contribution >= 0.6 is 0 Å². The minimum atomic E-state index is -4.15. The van der Waals surface area contributed by atoms with Crippen molar-refractivity contribution in [2.75, 3.05) is 6.61 Å². The number of ether oxygens (including phenoxy) is 1. The molecule has 0 spiro atoms. The molecule has 0 aliphatic carbocycles. The molecule has 2 aromatic carbocycles. The summed E-state index contributed by atoms with van der Waals surface area (Å²) < 4.78 is 33.3. The van der Waals surface area contributed by atoms with Gasteiger partial charge in [-0.25, -0.2) is 8.42 Å². The van der Waals surface area contributed by atoms with E-state index in [1.165, 1.54) is 12.1 Å². The summed E-state index contributed by atoms with van der Waals surface area (Å²) >= 11 is 0. The van der Waals surface area contributed by atoms with Crippen LogP contribution in [0.1, 0.15) is 31.9 Å². The summed E-state index contributed by atoms with van der Waals surface area (Å²) in [5, 5.41) is 10.9. The number of carbonyl (C=O) groups excluding carboxylic acids is 1. The lowest BCUT2D eigenvalue weighted by Crippen LogP contribution is -2.48. The highest BCUT2D eigenvalue weighted by atomic mass is 32.2. The molecule has 1 atom stereocenters. The van der Waals surface area contributed by atoms with Crippen LogP contribution in [-0.2, 0) is 26.1 Å². The van der Waals surface area contributed by atoms with Crippen LogP contribution in [0, 0.1) is 23.0 Å². The summed E-state index contributed by atoms with van der Waals surface area (Å²) in [6.07, 6.45) is 0. The van der Waals surface area contributed by atoms with Crippen molar-refractivity contribution in [3.05, 3.63) is 69.8 Å². The summed E-state index contributed by atoms with van der Waals surface area (Å²) in [4.78, 5) is 22.9. The molecule has 0 aliphatic rings. The van der Waals surface area contributed by atoms with Crippen molar-refractivity contribution in [2.45, 2.75) is 45.2 Å². The maximum absolute atomic E-state index is 13.5. The Hall–Kier alpha value is -2.78. The van der Waals surface area contributed by atoms with E-state index >= 15 is 0 Å². The van der Waals surface area contributed by atoms with E-state index in [1.807, 2.05) is 25.1 Å². The van der Waals surface area contributed by atoms with Crippen LogP contribution in [0.4, 0.5) is 5.69 Å². The molecule has 0 bridgehead atoms. The Kier molecular flexibility index (Phi) is 7.69. The molecule has 0 heterocycles. The number of rotatable bonds is 9. The molecule has 0 saturated carbocycles. The average Bonchev–Trinajstić information content (AvgIpc) is 2.67. The van der Waals surface area contributed by atoms with Crippen LogP contribution in [0.2, 0.25) is 0 Å². The van der Waals surface area contributed by atoms with Crippen LogP contribution in [0.5, 0.6) is 0 Å². The number of carbonyl (C=O) groups is 1. The molecule has 8 nitrogen and oxygen atoms in total. The monoisotopic (exact) mass is 434 g/mol. The molecule has 0 radical (unpaired) electrons. The number of sulfonamides is 1. The van der Waals surface area contributed by atoms with E-state index in [2.05, 4.69) is 0 Å². The molecular weight excluding hydrogens is 408 g/mol. The third-order valence-electron chi connectivity index (χ3n) is 4.54. The lowest BCUT2D eigenvalue weighted by atomic mass is 10.0. The molecule has 0 fully saturated rings. The highest BCUT2D eigenvalue weighted by molar-refractivity contribution is 7.89. The van der Waals surface area contributed by atoms with Gasteiger partial charge in [-0.3, -0.25) is 14.9 Å². The van der Waals surface area contributed by atoms with E-state index in [1.54, 1.807) is 26.8 Å². The molecule has 0 aromatic heterocycles. The fourth-order valence-corrected chi connectivity index (χ4v) is 4.85. The highest BCUT2D eigenvalue weighted by Crippen LogP contribution is 2.27. The van der Waals surface area contributed by atoms with Crippen LogP contribution in [0.3, 0.4) is 0 Å². The van der Waals surface area contributed by atoms with Gasteiger partial charge < -0.3 is 4.74 Å². The smallest absolute Gasteiger partial charge is 0.324 e. The number of benzene rings is 2.